The zero-order chi connectivity index (χ0) is 16.3. The molecule has 2 rings (SSSR count). The first kappa shape index (κ1) is 16.5. The maximum absolute atomic E-state index is 12.4. The van der Waals surface area contributed by atoms with Crippen molar-refractivity contribution in [2.45, 2.75) is 46.1 Å². The summed E-state index contributed by atoms with van der Waals surface area (Å²) < 4.78 is 5.71. The van der Waals surface area contributed by atoms with Gasteiger partial charge in [0.25, 0.3) is 0 Å². The van der Waals surface area contributed by atoms with Gasteiger partial charge >= 0.3 is 11.9 Å². The molecular formula is C18H24O4. The molecule has 0 aromatic heterocycles. The highest BCUT2D eigenvalue weighted by atomic mass is 16.5. The summed E-state index contributed by atoms with van der Waals surface area (Å²) in [5.74, 6) is -0.313. The van der Waals surface area contributed by atoms with E-state index < -0.39 is 11.9 Å². The highest BCUT2D eigenvalue weighted by Gasteiger charge is 2.34. The van der Waals surface area contributed by atoms with Crippen LogP contribution in [0.15, 0.2) is 24.3 Å². The molecule has 0 radical (unpaired) electrons. The van der Waals surface area contributed by atoms with Crippen LogP contribution in [-0.4, -0.2) is 23.1 Å². The van der Waals surface area contributed by atoms with E-state index in [-0.39, 0.29) is 17.2 Å². The number of carboxylic acids is 1. The van der Waals surface area contributed by atoms with Gasteiger partial charge < -0.3 is 9.84 Å². The smallest absolute Gasteiger partial charge is 0.339 e. The Labute approximate surface area is 131 Å². The minimum atomic E-state index is -1.11. The highest BCUT2D eigenvalue weighted by Crippen LogP contribution is 2.35. The van der Waals surface area contributed by atoms with Crippen LogP contribution in [0.3, 0.4) is 0 Å². The molecule has 4 heteroatoms. The lowest BCUT2D eigenvalue weighted by Crippen LogP contribution is -2.36. The van der Waals surface area contributed by atoms with Gasteiger partial charge in [0, 0.05) is 0 Å². The molecule has 0 spiro atoms. The number of benzene rings is 1. The van der Waals surface area contributed by atoms with E-state index in [1.165, 1.54) is 12.1 Å². The van der Waals surface area contributed by atoms with Gasteiger partial charge in [0.1, 0.15) is 6.10 Å². The van der Waals surface area contributed by atoms with E-state index in [0.29, 0.717) is 17.8 Å². The van der Waals surface area contributed by atoms with Crippen LogP contribution >= 0.6 is 0 Å². The van der Waals surface area contributed by atoms with Crippen LogP contribution in [-0.2, 0) is 4.74 Å². The Hall–Kier alpha value is -1.84. The lowest BCUT2D eigenvalue weighted by Gasteiger charge is -2.36. The van der Waals surface area contributed by atoms with Crippen LogP contribution in [0.5, 0.6) is 0 Å². The fraction of sp³-hybridized carbons (Fsp3) is 0.556. The average Bonchev–Trinajstić information content (AvgIpc) is 2.46. The second-order valence-corrected chi connectivity index (χ2v) is 6.62. The minimum absolute atomic E-state index is 0.00236. The summed E-state index contributed by atoms with van der Waals surface area (Å²) in [5, 5.41) is 9.19. The topological polar surface area (TPSA) is 63.6 Å². The monoisotopic (exact) mass is 304 g/mol. The van der Waals surface area contributed by atoms with E-state index in [1.54, 1.807) is 12.1 Å². The average molecular weight is 304 g/mol. The minimum Gasteiger partial charge on any atom is -0.478 e. The maximum atomic E-state index is 12.4. The molecule has 4 nitrogen and oxygen atoms in total. The molecule has 3 unspecified atom stereocenters. The number of hydrogen-bond donors (Lipinski definition) is 1. The van der Waals surface area contributed by atoms with Crippen molar-refractivity contribution in [1.29, 1.82) is 0 Å². The molecule has 1 aliphatic rings. The van der Waals surface area contributed by atoms with E-state index in [9.17, 15) is 14.7 Å². The number of rotatable bonds is 4. The van der Waals surface area contributed by atoms with E-state index in [0.717, 1.165) is 19.3 Å². The molecule has 0 saturated heterocycles. The number of hydrogen-bond acceptors (Lipinski definition) is 3. The second-order valence-electron chi connectivity index (χ2n) is 6.62. The van der Waals surface area contributed by atoms with Crippen molar-refractivity contribution in [3.8, 4) is 0 Å². The first-order valence-electron chi connectivity index (χ1n) is 7.93. The number of esters is 1. The SMILES string of the molecule is CC1CCC(C(C)C)C(OC(=O)c2ccccc2C(=O)O)C1. The van der Waals surface area contributed by atoms with Crippen LogP contribution in [0.25, 0.3) is 0 Å². The molecule has 0 bridgehead atoms. The van der Waals surface area contributed by atoms with Crippen molar-refractivity contribution in [3.63, 3.8) is 0 Å². The van der Waals surface area contributed by atoms with Gasteiger partial charge in [-0.3, -0.25) is 0 Å². The van der Waals surface area contributed by atoms with E-state index >= 15 is 0 Å². The number of ether oxygens (including phenoxy) is 1. The third-order valence-electron chi connectivity index (χ3n) is 4.60. The predicted octanol–water partition coefficient (Wildman–Crippen LogP) is 4.00. The van der Waals surface area contributed by atoms with Crippen molar-refractivity contribution in [2.24, 2.45) is 17.8 Å². The van der Waals surface area contributed by atoms with Crippen LogP contribution in [0.2, 0.25) is 0 Å². The number of aromatic carboxylic acids is 1. The van der Waals surface area contributed by atoms with Crippen molar-refractivity contribution < 1.29 is 19.4 Å². The van der Waals surface area contributed by atoms with Gasteiger partial charge in [-0.25, -0.2) is 9.59 Å². The van der Waals surface area contributed by atoms with E-state index in [1.807, 2.05) is 0 Å². The standard InChI is InChI=1S/C18H24O4/c1-11(2)13-9-8-12(3)10-16(13)22-18(21)15-7-5-4-6-14(15)17(19)20/h4-7,11-13,16H,8-10H2,1-3H3,(H,19,20). The molecule has 22 heavy (non-hydrogen) atoms. The van der Waals surface area contributed by atoms with Crippen LogP contribution < -0.4 is 0 Å². The van der Waals surface area contributed by atoms with Crippen LogP contribution in [0.1, 0.15) is 60.7 Å². The number of carboxylic acid groups (broad SMARTS) is 1. The van der Waals surface area contributed by atoms with Gasteiger partial charge in [-0.1, -0.05) is 39.3 Å². The Morgan fingerprint density at radius 3 is 2.41 bits per heavy atom. The highest BCUT2D eigenvalue weighted by molar-refractivity contribution is 6.02. The van der Waals surface area contributed by atoms with Crippen molar-refractivity contribution >= 4 is 11.9 Å². The lowest BCUT2D eigenvalue weighted by atomic mass is 9.75. The summed E-state index contributed by atoms with van der Waals surface area (Å²) in [6, 6.07) is 6.22. The van der Waals surface area contributed by atoms with Crippen molar-refractivity contribution in [1.82, 2.24) is 0 Å². The molecule has 1 aromatic carbocycles. The summed E-state index contributed by atoms with van der Waals surface area (Å²) >= 11 is 0. The maximum Gasteiger partial charge on any atom is 0.339 e. The normalized spacial score (nSPS) is 25.0. The van der Waals surface area contributed by atoms with E-state index in [2.05, 4.69) is 20.8 Å². The quantitative estimate of drug-likeness (QED) is 0.854. The van der Waals surface area contributed by atoms with Gasteiger partial charge in [-0.2, -0.15) is 0 Å². The van der Waals surface area contributed by atoms with Gasteiger partial charge in [-0.05, 0) is 42.7 Å². The Bertz CT molecular complexity index is 550. The number of carbonyl (C=O) groups excluding carboxylic acids is 1. The van der Waals surface area contributed by atoms with Gasteiger partial charge in [0.2, 0.25) is 0 Å². The molecular weight excluding hydrogens is 280 g/mol. The third kappa shape index (κ3) is 3.67. The fourth-order valence-electron chi connectivity index (χ4n) is 3.30. The molecule has 1 aromatic rings. The zero-order valence-corrected chi connectivity index (χ0v) is 13.4. The summed E-state index contributed by atoms with van der Waals surface area (Å²) in [4.78, 5) is 23.7. The molecule has 120 valence electrons. The first-order valence-corrected chi connectivity index (χ1v) is 7.93. The first-order chi connectivity index (χ1) is 10.4. The summed E-state index contributed by atoms with van der Waals surface area (Å²) in [5.41, 5.74) is 0.133. The van der Waals surface area contributed by atoms with Crippen LogP contribution in [0.4, 0.5) is 0 Å². The van der Waals surface area contributed by atoms with Crippen LogP contribution in [0, 0.1) is 17.8 Å². The number of carbonyl (C=O) groups is 2. The fourth-order valence-corrected chi connectivity index (χ4v) is 3.30. The molecule has 1 fully saturated rings. The Kier molecular flexibility index (Phi) is 5.22. The Balaban J connectivity index is 2.18. The third-order valence-corrected chi connectivity index (χ3v) is 4.60. The Morgan fingerprint density at radius 2 is 1.82 bits per heavy atom. The molecule has 3 atom stereocenters. The van der Waals surface area contributed by atoms with Crippen molar-refractivity contribution in [3.05, 3.63) is 35.4 Å². The molecule has 1 saturated carbocycles. The van der Waals surface area contributed by atoms with E-state index in [4.69, 9.17) is 4.74 Å². The molecule has 0 heterocycles. The second kappa shape index (κ2) is 6.95. The predicted molar refractivity (Wildman–Crippen MR) is 83.9 cm³/mol. The summed E-state index contributed by atoms with van der Waals surface area (Å²) in [7, 11) is 0. The van der Waals surface area contributed by atoms with Crippen molar-refractivity contribution in [2.75, 3.05) is 0 Å². The summed E-state index contributed by atoms with van der Waals surface area (Å²) in [6.45, 7) is 6.46. The molecule has 0 aliphatic heterocycles. The van der Waals surface area contributed by atoms with Gasteiger partial charge in [-0.15, -0.1) is 0 Å². The molecule has 1 aliphatic carbocycles. The van der Waals surface area contributed by atoms with Gasteiger partial charge in [0.15, 0.2) is 0 Å². The molecule has 0 amide bonds. The largest absolute Gasteiger partial charge is 0.478 e. The Morgan fingerprint density at radius 1 is 1.18 bits per heavy atom. The molecule has 1 N–H and O–H groups in total. The van der Waals surface area contributed by atoms with Gasteiger partial charge in [0.05, 0.1) is 11.1 Å². The summed E-state index contributed by atoms with van der Waals surface area (Å²) in [6.07, 6.45) is 2.93. The lowest BCUT2D eigenvalue weighted by molar-refractivity contribution is -0.0176. The zero-order valence-electron chi connectivity index (χ0n) is 13.4.